The maximum absolute atomic E-state index is 12.1. The van der Waals surface area contributed by atoms with E-state index in [1.807, 2.05) is 19.9 Å². The summed E-state index contributed by atoms with van der Waals surface area (Å²) in [7, 11) is 1.30. The highest BCUT2D eigenvalue weighted by molar-refractivity contribution is 5.89. The number of nitrogens with one attached hydrogen (secondary N) is 1. The molecule has 2 aromatic heterocycles. The summed E-state index contributed by atoms with van der Waals surface area (Å²) in [5.41, 5.74) is 2.71. The Morgan fingerprint density at radius 1 is 1.07 bits per heavy atom. The van der Waals surface area contributed by atoms with Crippen molar-refractivity contribution in [1.29, 1.82) is 0 Å². The number of methoxy groups -OCH3 is 1. The molecule has 0 unspecified atom stereocenters. The smallest absolute Gasteiger partial charge is 0.378 e. The van der Waals surface area contributed by atoms with E-state index in [1.165, 1.54) is 11.6 Å². The van der Waals surface area contributed by atoms with Gasteiger partial charge < -0.3 is 14.8 Å². The highest BCUT2D eigenvalue weighted by Crippen LogP contribution is 2.07. The van der Waals surface area contributed by atoms with Crippen LogP contribution in [-0.2, 0) is 20.8 Å². The minimum Gasteiger partial charge on any atom is -0.465 e. The Morgan fingerprint density at radius 2 is 1.79 bits per heavy atom. The van der Waals surface area contributed by atoms with Crippen LogP contribution in [0, 0.1) is 13.8 Å². The van der Waals surface area contributed by atoms with E-state index in [9.17, 15) is 14.4 Å². The number of esters is 2. The van der Waals surface area contributed by atoms with Crippen molar-refractivity contribution >= 4 is 23.6 Å². The quantitative estimate of drug-likeness (QED) is 0.611. The van der Waals surface area contributed by atoms with E-state index >= 15 is 0 Å². The fourth-order valence-corrected chi connectivity index (χ4v) is 2.58. The van der Waals surface area contributed by atoms with Gasteiger partial charge in [-0.2, -0.15) is 4.98 Å². The van der Waals surface area contributed by atoms with Gasteiger partial charge in [0.1, 0.15) is 0 Å². The van der Waals surface area contributed by atoms with Gasteiger partial charge in [-0.05, 0) is 37.6 Å². The first-order chi connectivity index (χ1) is 13.9. The lowest BCUT2D eigenvalue weighted by atomic mass is 10.1. The number of ether oxygens (including phenoxy) is 2. The molecule has 3 aromatic rings. The topological polar surface area (TPSA) is 125 Å². The van der Waals surface area contributed by atoms with Gasteiger partial charge in [-0.1, -0.05) is 12.1 Å². The molecule has 0 saturated heterocycles. The third kappa shape index (κ3) is 4.72. The van der Waals surface area contributed by atoms with Gasteiger partial charge in [0.2, 0.25) is 0 Å². The number of benzene rings is 1. The van der Waals surface area contributed by atoms with E-state index in [4.69, 9.17) is 4.74 Å². The molecule has 1 amide bonds. The van der Waals surface area contributed by atoms with Crippen molar-refractivity contribution in [2.75, 3.05) is 13.7 Å². The number of aryl methyl sites for hydroxylation is 2. The second kappa shape index (κ2) is 8.46. The Balaban J connectivity index is 1.52. The van der Waals surface area contributed by atoms with E-state index in [0.717, 1.165) is 17.0 Å². The van der Waals surface area contributed by atoms with Gasteiger partial charge in [-0.3, -0.25) is 4.79 Å². The summed E-state index contributed by atoms with van der Waals surface area (Å²) in [5, 5.41) is 6.67. The summed E-state index contributed by atoms with van der Waals surface area (Å²) in [6.07, 6.45) is 0. The van der Waals surface area contributed by atoms with Crippen molar-refractivity contribution in [1.82, 2.24) is 24.9 Å². The standard InChI is InChI=1S/C19H19N5O5/c1-11-8-12(2)24-19(21-11)22-16(23-24)18(27)29-10-15(25)20-9-13-4-6-14(7-5-13)17(26)28-3/h4-8H,9-10H2,1-3H3,(H,20,25). The molecule has 0 bridgehead atoms. The molecule has 150 valence electrons. The van der Waals surface area contributed by atoms with Gasteiger partial charge in [0.25, 0.3) is 17.5 Å². The minimum absolute atomic E-state index is 0.169. The average Bonchev–Trinajstić information content (AvgIpc) is 3.14. The molecule has 1 N–H and O–H groups in total. The highest BCUT2D eigenvalue weighted by atomic mass is 16.5. The Labute approximate surface area is 165 Å². The normalized spacial score (nSPS) is 10.6. The third-order valence-electron chi connectivity index (χ3n) is 4.00. The molecule has 0 radical (unpaired) electrons. The van der Waals surface area contributed by atoms with Gasteiger partial charge in [-0.25, -0.2) is 19.1 Å². The predicted molar refractivity (Wildman–Crippen MR) is 100 cm³/mol. The Kier molecular flexibility index (Phi) is 5.82. The SMILES string of the molecule is COC(=O)c1ccc(CNC(=O)COC(=O)c2nc3nc(C)cc(C)n3n2)cc1. The monoisotopic (exact) mass is 397 g/mol. The summed E-state index contributed by atoms with van der Waals surface area (Å²) < 4.78 is 11.0. The molecule has 1 aromatic carbocycles. The largest absolute Gasteiger partial charge is 0.465 e. The van der Waals surface area contributed by atoms with Gasteiger partial charge in [0, 0.05) is 17.9 Å². The molecule has 0 fully saturated rings. The van der Waals surface area contributed by atoms with Crippen molar-refractivity contribution < 1.29 is 23.9 Å². The number of hydrogen-bond donors (Lipinski definition) is 1. The van der Waals surface area contributed by atoms with Crippen molar-refractivity contribution in [3.05, 3.63) is 58.7 Å². The Morgan fingerprint density at radius 3 is 2.48 bits per heavy atom. The summed E-state index contributed by atoms with van der Waals surface area (Å²) in [5.74, 6) is -1.62. The van der Waals surface area contributed by atoms with Gasteiger partial charge in [0.15, 0.2) is 6.61 Å². The summed E-state index contributed by atoms with van der Waals surface area (Å²) in [6, 6.07) is 8.38. The second-order valence-corrected chi connectivity index (χ2v) is 6.23. The molecular weight excluding hydrogens is 378 g/mol. The van der Waals surface area contributed by atoms with E-state index in [2.05, 4.69) is 25.1 Å². The van der Waals surface area contributed by atoms with Gasteiger partial charge >= 0.3 is 11.9 Å². The maximum Gasteiger partial charge on any atom is 0.378 e. The molecule has 10 heteroatoms. The van der Waals surface area contributed by atoms with Gasteiger partial charge in [-0.15, -0.1) is 5.10 Å². The third-order valence-corrected chi connectivity index (χ3v) is 4.00. The van der Waals surface area contributed by atoms with E-state index in [1.54, 1.807) is 24.3 Å². The van der Waals surface area contributed by atoms with Crippen LogP contribution < -0.4 is 5.32 Å². The summed E-state index contributed by atoms with van der Waals surface area (Å²) >= 11 is 0. The number of rotatable bonds is 6. The van der Waals surface area contributed by atoms with Crippen molar-refractivity contribution in [3.8, 4) is 0 Å². The highest BCUT2D eigenvalue weighted by Gasteiger charge is 2.17. The predicted octanol–water partition coefficient (Wildman–Crippen LogP) is 1.00. The van der Waals surface area contributed by atoms with Crippen LogP contribution in [0.2, 0.25) is 0 Å². The van der Waals surface area contributed by atoms with Crippen LogP contribution in [0.5, 0.6) is 0 Å². The van der Waals surface area contributed by atoms with Crippen molar-refractivity contribution in [2.45, 2.75) is 20.4 Å². The number of aromatic nitrogens is 4. The van der Waals surface area contributed by atoms with E-state index < -0.39 is 24.5 Å². The number of nitrogens with zero attached hydrogens (tertiary/aromatic N) is 4. The van der Waals surface area contributed by atoms with Crippen LogP contribution in [0.25, 0.3) is 5.78 Å². The fraction of sp³-hybridized carbons (Fsp3) is 0.263. The molecule has 0 saturated carbocycles. The lowest BCUT2D eigenvalue weighted by molar-refractivity contribution is -0.124. The number of fused-ring (bicyclic) bond motifs is 1. The fourth-order valence-electron chi connectivity index (χ4n) is 2.58. The van der Waals surface area contributed by atoms with Crippen LogP contribution >= 0.6 is 0 Å². The van der Waals surface area contributed by atoms with Crippen LogP contribution in [-0.4, -0.2) is 51.1 Å². The molecule has 3 rings (SSSR count). The number of amides is 1. The Hall–Kier alpha value is -3.82. The molecule has 29 heavy (non-hydrogen) atoms. The Bertz CT molecular complexity index is 1070. The zero-order valence-electron chi connectivity index (χ0n) is 16.1. The molecule has 0 aliphatic carbocycles. The molecule has 0 aliphatic heterocycles. The van der Waals surface area contributed by atoms with Crippen molar-refractivity contribution in [3.63, 3.8) is 0 Å². The maximum atomic E-state index is 12.1. The zero-order valence-corrected chi connectivity index (χ0v) is 16.1. The van der Waals surface area contributed by atoms with E-state index in [-0.39, 0.29) is 18.1 Å². The van der Waals surface area contributed by atoms with Gasteiger partial charge in [0.05, 0.1) is 12.7 Å². The van der Waals surface area contributed by atoms with E-state index in [0.29, 0.717) is 5.56 Å². The zero-order chi connectivity index (χ0) is 21.0. The molecule has 0 atom stereocenters. The first-order valence-electron chi connectivity index (χ1n) is 8.69. The molecule has 10 nitrogen and oxygen atoms in total. The molecular formula is C19H19N5O5. The number of carbonyl (C=O) groups is 3. The van der Waals surface area contributed by atoms with Crippen LogP contribution in [0.1, 0.15) is 37.9 Å². The molecule has 2 heterocycles. The number of carbonyl (C=O) groups excluding carboxylic acids is 3. The van der Waals surface area contributed by atoms with Crippen LogP contribution in [0.4, 0.5) is 0 Å². The second-order valence-electron chi connectivity index (χ2n) is 6.23. The summed E-state index contributed by atoms with van der Waals surface area (Å²) in [4.78, 5) is 43.6. The lowest BCUT2D eigenvalue weighted by Gasteiger charge is -2.06. The van der Waals surface area contributed by atoms with Crippen LogP contribution in [0.15, 0.2) is 30.3 Å². The summed E-state index contributed by atoms with van der Waals surface area (Å²) in [6.45, 7) is 3.37. The lowest BCUT2D eigenvalue weighted by Crippen LogP contribution is -2.28. The average molecular weight is 397 g/mol. The molecule has 0 spiro atoms. The number of hydrogen-bond acceptors (Lipinski definition) is 8. The first kappa shape index (κ1) is 19.9. The first-order valence-corrected chi connectivity index (χ1v) is 8.69. The minimum atomic E-state index is -0.815. The van der Waals surface area contributed by atoms with Crippen molar-refractivity contribution in [2.24, 2.45) is 0 Å². The molecule has 0 aliphatic rings. The van der Waals surface area contributed by atoms with Crippen LogP contribution in [0.3, 0.4) is 0 Å².